The van der Waals surface area contributed by atoms with Crippen LogP contribution in [0.25, 0.3) is 110 Å². The molecule has 0 atom stereocenters. The summed E-state index contributed by atoms with van der Waals surface area (Å²) >= 11 is 0. The lowest BCUT2D eigenvalue weighted by Crippen LogP contribution is -2.17. The van der Waals surface area contributed by atoms with E-state index in [-0.39, 0.29) is 32.9 Å². The van der Waals surface area contributed by atoms with Gasteiger partial charge < -0.3 is 18.3 Å². The highest BCUT2D eigenvalue weighted by molar-refractivity contribution is 6.16. The van der Waals surface area contributed by atoms with Crippen LogP contribution in [-0.4, -0.2) is 18.3 Å². The Kier molecular flexibility index (Phi) is 10.1. The molecule has 13 aromatic rings. The zero-order chi connectivity index (χ0) is 54.5. The maximum atomic E-state index is 15.1. The van der Waals surface area contributed by atoms with Crippen LogP contribution in [0.4, 0.5) is 52.7 Å². The normalized spacial score (nSPS) is 12.8. The smallest absolute Gasteiger partial charge is 0.306 e. The Hall–Kier alpha value is -9.68. The molecule has 6 nitrogen and oxygen atoms in total. The van der Waals surface area contributed by atoms with Crippen molar-refractivity contribution in [3.05, 3.63) is 203 Å². The van der Waals surface area contributed by atoms with Crippen LogP contribution in [0.1, 0.15) is 33.4 Å². The summed E-state index contributed by atoms with van der Waals surface area (Å²) < 4.78 is 186. The van der Waals surface area contributed by atoms with Crippen LogP contribution in [0.2, 0.25) is 0 Å². The topological polar surface area (TPSA) is 67.3 Å². The first kappa shape index (κ1) is 48.0. The number of halogens is 12. The predicted molar refractivity (Wildman–Crippen MR) is 273 cm³/mol. The summed E-state index contributed by atoms with van der Waals surface area (Å²) in [5.74, 6) is 0. The largest absolute Gasteiger partial charge is 0.416 e. The van der Waals surface area contributed by atoms with Crippen LogP contribution in [0, 0.1) is 22.7 Å². The van der Waals surface area contributed by atoms with Crippen molar-refractivity contribution < 1.29 is 52.7 Å². The van der Waals surface area contributed by atoms with Crippen molar-refractivity contribution in [3.8, 4) is 34.9 Å². The SMILES string of the molecule is N#Cc1c(-n2c3ccccc3c3ccccc32)c(-n2c3ccccc3c3ccccc32)c(C#N)c(-n2c3cc(C(F)(F)F)ccc3c3ccc(C(F)(F)F)cc32)c1-n1c2cc(C(F)(F)F)ccc2c2ccc(C(F)(F)F)cc21. The number of benzene rings is 9. The number of para-hydroxylation sites is 4. The molecule has 0 unspecified atom stereocenters. The van der Waals surface area contributed by atoms with Crippen LogP contribution in [0.3, 0.4) is 0 Å². The Labute approximate surface area is 430 Å². The Balaban J connectivity index is 1.40. The summed E-state index contributed by atoms with van der Waals surface area (Å²) in [7, 11) is 0. The van der Waals surface area contributed by atoms with Gasteiger partial charge >= 0.3 is 24.7 Å². The lowest BCUT2D eigenvalue weighted by molar-refractivity contribution is -0.138. The Bertz CT molecular complexity index is 4280. The summed E-state index contributed by atoms with van der Waals surface area (Å²) in [5.41, 5.74) is -8.33. The summed E-state index contributed by atoms with van der Waals surface area (Å²) in [6.45, 7) is 0. The van der Waals surface area contributed by atoms with Gasteiger partial charge in [0.2, 0.25) is 0 Å². The van der Waals surface area contributed by atoms with E-state index in [9.17, 15) is 10.5 Å². The van der Waals surface area contributed by atoms with E-state index < -0.39 is 91.5 Å². The molecular formula is C60H28F12N6. The first-order valence-electron chi connectivity index (χ1n) is 23.7. The molecule has 0 fully saturated rings. The van der Waals surface area contributed by atoms with Gasteiger partial charge in [0.1, 0.15) is 23.3 Å². The van der Waals surface area contributed by atoms with Gasteiger partial charge in [-0.2, -0.15) is 63.2 Å². The van der Waals surface area contributed by atoms with Gasteiger partial charge in [0.15, 0.2) is 0 Å². The first-order chi connectivity index (χ1) is 37.2. The number of rotatable bonds is 4. The van der Waals surface area contributed by atoms with Gasteiger partial charge in [-0.3, -0.25) is 0 Å². The minimum absolute atomic E-state index is 0.0918. The molecule has 18 heteroatoms. The van der Waals surface area contributed by atoms with E-state index >= 15 is 52.7 Å². The molecule has 0 bridgehead atoms. The zero-order valence-electron chi connectivity index (χ0n) is 39.4. The van der Waals surface area contributed by atoms with Gasteiger partial charge in [-0.15, -0.1) is 0 Å². The highest BCUT2D eigenvalue weighted by Crippen LogP contribution is 2.51. The van der Waals surface area contributed by atoms with Crippen LogP contribution >= 0.6 is 0 Å². The molecule has 9 aromatic carbocycles. The van der Waals surface area contributed by atoms with Crippen LogP contribution in [0.15, 0.2) is 170 Å². The van der Waals surface area contributed by atoms with Crippen LogP contribution in [0.5, 0.6) is 0 Å². The van der Waals surface area contributed by atoms with E-state index in [0.717, 1.165) is 33.4 Å². The maximum Gasteiger partial charge on any atom is 0.416 e. The predicted octanol–water partition coefficient (Wildman–Crippen LogP) is 17.9. The minimum Gasteiger partial charge on any atom is -0.306 e. The molecule has 78 heavy (non-hydrogen) atoms. The molecule has 0 N–H and O–H groups in total. The number of aromatic nitrogens is 4. The van der Waals surface area contributed by atoms with Crippen molar-refractivity contribution in [2.24, 2.45) is 0 Å². The molecular weight excluding hydrogens is 1030 g/mol. The molecule has 0 aliphatic carbocycles. The monoisotopic (exact) mass is 1060 g/mol. The fourth-order valence-corrected chi connectivity index (χ4v) is 11.3. The maximum absolute atomic E-state index is 15.1. The molecule has 0 saturated heterocycles. The third-order valence-corrected chi connectivity index (χ3v) is 14.5. The fraction of sp³-hybridized carbons (Fsp3) is 0.0667. The van der Waals surface area contributed by atoms with Gasteiger partial charge in [-0.05, 0) is 72.8 Å². The second-order valence-corrected chi connectivity index (χ2v) is 18.7. The van der Waals surface area contributed by atoms with E-state index in [0.29, 0.717) is 92.1 Å². The molecule has 4 aromatic heterocycles. The summed E-state index contributed by atoms with van der Waals surface area (Å²) in [6.07, 6.45) is -20.4. The van der Waals surface area contributed by atoms with E-state index in [1.54, 1.807) is 106 Å². The van der Waals surface area contributed by atoms with E-state index in [4.69, 9.17) is 0 Å². The molecule has 0 spiro atoms. The number of nitriles is 2. The number of nitrogens with zero attached hydrogens (tertiary/aromatic N) is 6. The summed E-state index contributed by atoms with van der Waals surface area (Å²) in [5, 5.41) is 26.6. The van der Waals surface area contributed by atoms with Crippen LogP contribution < -0.4 is 0 Å². The van der Waals surface area contributed by atoms with E-state index in [1.165, 1.54) is 0 Å². The average molecular weight is 1060 g/mol. The number of alkyl halides is 12. The summed E-state index contributed by atoms with van der Waals surface area (Å²) in [4.78, 5) is 0. The molecule has 0 aliphatic heterocycles. The molecule has 0 amide bonds. The average Bonchev–Trinajstić information content (AvgIpc) is 4.09. The van der Waals surface area contributed by atoms with Gasteiger partial charge in [-0.1, -0.05) is 97.1 Å². The van der Waals surface area contributed by atoms with Gasteiger partial charge in [0, 0.05) is 43.1 Å². The molecule has 0 saturated carbocycles. The quantitative estimate of drug-likeness (QED) is 0.165. The fourth-order valence-electron chi connectivity index (χ4n) is 11.3. The summed E-state index contributed by atoms with van der Waals surface area (Å²) in [6, 6.07) is 41.5. The highest BCUT2D eigenvalue weighted by Gasteiger charge is 2.39. The van der Waals surface area contributed by atoms with Crippen molar-refractivity contribution >= 4 is 87.2 Å². The first-order valence-corrected chi connectivity index (χ1v) is 23.7. The molecule has 13 rings (SSSR count). The van der Waals surface area contributed by atoms with Crippen LogP contribution in [-0.2, 0) is 24.7 Å². The van der Waals surface area contributed by atoms with Crippen molar-refractivity contribution in [3.63, 3.8) is 0 Å². The third kappa shape index (κ3) is 6.91. The van der Waals surface area contributed by atoms with Crippen molar-refractivity contribution in [1.82, 2.24) is 18.3 Å². The van der Waals surface area contributed by atoms with E-state index in [2.05, 4.69) is 12.1 Å². The Morgan fingerprint density at radius 2 is 0.449 bits per heavy atom. The minimum atomic E-state index is -5.10. The molecule has 4 heterocycles. The third-order valence-electron chi connectivity index (χ3n) is 14.5. The number of hydrogen-bond donors (Lipinski definition) is 0. The van der Waals surface area contributed by atoms with Crippen molar-refractivity contribution in [1.29, 1.82) is 10.5 Å². The zero-order valence-corrected chi connectivity index (χ0v) is 39.4. The van der Waals surface area contributed by atoms with Gasteiger partial charge in [0.05, 0.1) is 89.1 Å². The van der Waals surface area contributed by atoms with Crippen molar-refractivity contribution in [2.75, 3.05) is 0 Å². The number of fused-ring (bicyclic) bond motifs is 12. The van der Waals surface area contributed by atoms with E-state index in [1.807, 2.05) is 0 Å². The number of hydrogen-bond acceptors (Lipinski definition) is 2. The van der Waals surface area contributed by atoms with Gasteiger partial charge in [0.25, 0.3) is 0 Å². The Morgan fingerprint density at radius 1 is 0.256 bits per heavy atom. The Morgan fingerprint density at radius 3 is 0.654 bits per heavy atom. The molecule has 0 radical (unpaired) electrons. The second-order valence-electron chi connectivity index (χ2n) is 18.7. The second kappa shape index (κ2) is 16.4. The van der Waals surface area contributed by atoms with Crippen molar-refractivity contribution in [2.45, 2.75) is 24.7 Å². The lowest BCUT2D eigenvalue weighted by Gasteiger charge is -2.27. The lowest BCUT2D eigenvalue weighted by atomic mass is 9.98. The molecule has 382 valence electrons. The van der Waals surface area contributed by atoms with Gasteiger partial charge in [-0.25, -0.2) is 0 Å². The standard InChI is InChI=1S/C60H28F12N6/c61-57(62,63)31-17-21-39-40-22-18-32(58(64,65)66)26-50(40)77(49(39)25-31)55-43(29-73)53(75-45-13-5-1-9-35(45)36-10-2-6-14-46(36)75)54(76-47-15-7-3-11-37(47)38-12-4-8-16-48(38)76)44(30-74)56(55)78-51-27-33(59(67,68)69)19-23-41(51)42-24-20-34(28-52(42)78)60(70,71)72/h1-28H. The highest BCUT2D eigenvalue weighted by atomic mass is 19.4. The molecule has 0 aliphatic rings.